The Morgan fingerprint density at radius 3 is 2.16 bits per heavy atom. The van der Waals surface area contributed by atoms with Gasteiger partial charge in [-0.25, -0.2) is 8.42 Å². The summed E-state index contributed by atoms with van der Waals surface area (Å²) >= 11 is 0. The molecule has 1 amide bonds. The fraction of sp³-hybridized carbons (Fsp3) is 0.0500. The number of benzene rings is 3. The van der Waals surface area contributed by atoms with Crippen LogP contribution in [0.4, 0.5) is 17.1 Å². The molecule has 164 valence electrons. The molecule has 0 aliphatic carbocycles. The van der Waals surface area contributed by atoms with E-state index in [1.807, 2.05) is 0 Å². The minimum absolute atomic E-state index is 0.0137. The second-order valence-electron chi connectivity index (χ2n) is 6.51. The Kier molecular flexibility index (Phi) is 6.45. The number of nitro benzene ring substituents is 2. The van der Waals surface area contributed by atoms with E-state index in [1.165, 1.54) is 60.7 Å². The molecule has 0 atom stereocenters. The first-order chi connectivity index (χ1) is 15.2. The minimum atomic E-state index is -4.20. The van der Waals surface area contributed by atoms with E-state index in [2.05, 4.69) is 10.0 Å². The minimum Gasteiger partial charge on any atom is -0.348 e. The van der Waals surface area contributed by atoms with Crippen LogP contribution in [0, 0.1) is 20.2 Å². The largest absolute Gasteiger partial charge is 0.348 e. The molecule has 3 aromatic rings. The molecule has 0 radical (unpaired) electrons. The maximum Gasteiger partial charge on any atom is 0.270 e. The van der Waals surface area contributed by atoms with Crippen molar-refractivity contribution in [3.63, 3.8) is 0 Å². The molecule has 0 saturated heterocycles. The standard InChI is InChI=1S/C20H16N4O7S/c25-20(21-13-14-8-10-15(11-9-14)23(26)27)18-6-1-2-7-19(18)22-32(30,31)17-5-3-4-16(12-17)24(28)29/h1-12,22H,13H2,(H,21,25). The van der Waals surface area contributed by atoms with Gasteiger partial charge < -0.3 is 5.32 Å². The van der Waals surface area contributed by atoms with Gasteiger partial charge in [-0.05, 0) is 23.8 Å². The molecule has 32 heavy (non-hydrogen) atoms. The lowest BCUT2D eigenvalue weighted by Gasteiger charge is -2.13. The van der Waals surface area contributed by atoms with Crippen LogP contribution in [0.2, 0.25) is 0 Å². The van der Waals surface area contributed by atoms with E-state index < -0.39 is 25.8 Å². The number of nitrogens with zero attached hydrogens (tertiary/aromatic N) is 2. The molecule has 0 heterocycles. The smallest absolute Gasteiger partial charge is 0.270 e. The molecule has 0 bridgehead atoms. The Bertz CT molecular complexity index is 1290. The highest BCUT2D eigenvalue weighted by Crippen LogP contribution is 2.23. The third-order valence-electron chi connectivity index (χ3n) is 4.35. The molecule has 0 saturated carbocycles. The molecule has 0 unspecified atom stereocenters. The van der Waals surface area contributed by atoms with Gasteiger partial charge in [0.2, 0.25) is 0 Å². The first-order valence-electron chi connectivity index (χ1n) is 9.05. The molecule has 0 aromatic heterocycles. The van der Waals surface area contributed by atoms with Gasteiger partial charge in [-0.15, -0.1) is 0 Å². The summed E-state index contributed by atoms with van der Waals surface area (Å²) in [4.78, 5) is 32.7. The Hall–Kier alpha value is -4.32. The number of carbonyl (C=O) groups excluding carboxylic acids is 1. The van der Waals surface area contributed by atoms with Gasteiger partial charge in [0.15, 0.2) is 0 Å². The number of para-hydroxylation sites is 1. The highest BCUT2D eigenvalue weighted by atomic mass is 32.2. The lowest BCUT2D eigenvalue weighted by molar-refractivity contribution is -0.385. The number of sulfonamides is 1. The second kappa shape index (κ2) is 9.22. The SMILES string of the molecule is O=C(NCc1ccc([N+](=O)[O-])cc1)c1ccccc1NS(=O)(=O)c1cccc([N+](=O)[O-])c1. The molecular formula is C20H16N4O7S. The second-order valence-corrected chi connectivity index (χ2v) is 8.19. The van der Waals surface area contributed by atoms with Crippen LogP contribution < -0.4 is 10.0 Å². The topological polar surface area (TPSA) is 162 Å². The Balaban J connectivity index is 1.77. The number of nitro groups is 2. The summed E-state index contributed by atoms with van der Waals surface area (Å²) < 4.78 is 27.7. The summed E-state index contributed by atoms with van der Waals surface area (Å²) in [5.41, 5.74) is 0.158. The van der Waals surface area contributed by atoms with Crippen molar-refractivity contribution in [1.29, 1.82) is 0 Å². The Morgan fingerprint density at radius 2 is 1.50 bits per heavy atom. The van der Waals surface area contributed by atoms with E-state index in [9.17, 15) is 33.4 Å². The van der Waals surface area contributed by atoms with Crippen molar-refractivity contribution < 1.29 is 23.1 Å². The highest BCUT2D eigenvalue weighted by molar-refractivity contribution is 7.92. The van der Waals surface area contributed by atoms with Crippen LogP contribution in [0.5, 0.6) is 0 Å². The Labute approximate surface area is 182 Å². The van der Waals surface area contributed by atoms with E-state index in [0.29, 0.717) is 5.56 Å². The third kappa shape index (κ3) is 5.23. The van der Waals surface area contributed by atoms with Crippen molar-refractivity contribution in [2.24, 2.45) is 0 Å². The quantitative estimate of drug-likeness (QED) is 0.388. The first-order valence-corrected chi connectivity index (χ1v) is 10.5. The summed E-state index contributed by atoms with van der Waals surface area (Å²) in [6.07, 6.45) is 0. The van der Waals surface area contributed by atoms with Gasteiger partial charge in [0, 0.05) is 30.8 Å². The number of hydrogen-bond acceptors (Lipinski definition) is 7. The molecule has 2 N–H and O–H groups in total. The number of carbonyl (C=O) groups is 1. The van der Waals surface area contributed by atoms with Crippen LogP contribution in [0.25, 0.3) is 0 Å². The molecular weight excluding hydrogens is 440 g/mol. The number of amides is 1. The van der Waals surface area contributed by atoms with Gasteiger partial charge in [0.25, 0.3) is 27.3 Å². The van der Waals surface area contributed by atoms with Crippen LogP contribution in [0.15, 0.2) is 77.7 Å². The van der Waals surface area contributed by atoms with Crippen LogP contribution in [0.3, 0.4) is 0 Å². The number of rotatable bonds is 8. The highest BCUT2D eigenvalue weighted by Gasteiger charge is 2.20. The number of anilines is 1. The summed E-state index contributed by atoms with van der Waals surface area (Å²) in [5.74, 6) is -0.583. The lowest BCUT2D eigenvalue weighted by Crippen LogP contribution is -2.25. The van der Waals surface area contributed by atoms with Crippen molar-refractivity contribution in [1.82, 2.24) is 5.32 Å². The summed E-state index contributed by atoms with van der Waals surface area (Å²) in [7, 11) is -4.20. The van der Waals surface area contributed by atoms with E-state index >= 15 is 0 Å². The van der Waals surface area contributed by atoms with Crippen molar-refractivity contribution in [3.8, 4) is 0 Å². The monoisotopic (exact) mass is 456 g/mol. The van der Waals surface area contributed by atoms with Gasteiger partial charge in [0.05, 0.1) is 26.0 Å². The van der Waals surface area contributed by atoms with E-state index in [0.717, 1.165) is 6.07 Å². The summed E-state index contributed by atoms with van der Waals surface area (Å²) in [5, 5.41) is 24.3. The fourth-order valence-corrected chi connectivity index (χ4v) is 3.87. The number of hydrogen-bond donors (Lipinski definition) is 2. The normalized spacial score (nSPS) is 10.9. The van der Waals surface area contributed by atoms with Gasteiger partial charge in [-0.2, -0.15) is 0 Å². The molecule has 12 heteroatoms. The third-order valence-corrected chi connectivity index (χ3v) is 5.72. The average Bonchev–Trinajstić information content (AvgIpc) is 2.78. The zero-order valence-corrected chi connectivity index (χ0v) is 17.1. The zero-order chi connectivity index (χ0) is 23.3. The van der Waals surface area contributed by atoms with E-state index in [4.69, 9.17) is 0 Å². The van der Waals surface area contributed by atoms with Crippen LogP contribution in [-0.2, 0) is 16.6 Å². The zero-order valence-electron chi connectivity index (χ0n) is 16.3. The van der Waals surface area contributed by atoms with Crippen molar-refractivity contribution >= 4 is 33.0 Å². The average molecular weight is 456 g/mol. The maximum atomic E-state index is 12.7. The maximum absolute atomic E-state index is 12.7. The predicted octanol–water partition coefficient (Wildman–Crippen LogP) is 3.23. The van der Waals surface area contributed by atoms with Crippen molar-refractivity contribution in [2.75, 3.05) is 4.72 Å². The van der Waals surface area contributed by atoms with Crippen LogP contribution >= 0.6 is 0 Å². The lowest BCUT2D eigenvalue weighted by atomic mass is 10.1. The summed E-state index contributed by atoms with van der Waals surface area (Å²) in [6.45, 7) is 0.0583. The first kappa shape index (κ1) is 22.4. The van der Waals surface area contributed by atoms with Crippen molar-refractivity contribution in [3.05, 3.63) is 104 Å². The Morgan fingerprint density at radius 1 is 0.844 bits per heavy atom. The van der Waals surface area contributed by atoms with Crippen molar-refractivity contribution in [2.45, 2.75) is 11.4 Å². The molecule has 0 fully saturated rings. The van der Waals surface area contributed by atoms with Crippen LogP contribution in [0.1, 0.15) is 15.9 Å². The molecule has 0 spiro atoms. The van der Waals surface area contributed by atoms with E-state index in [-0.39, 0.29) is 34.1 Å². The molecule has 3 rings (SSSR count). The van der Waals surface area contributed by atoms with E-state index in [1.54, 1.807) is 6.07 Å². The van der Waals surface area contributed by atoms with Gasteiger partial charge in [-0.3, -0.25) is 29.7 Å². The number of nitrogens with one attached hydrogen (secondary N) is 2. The van der Waals surface area contributed by atoms with Gasteiger partial charge in [-0.1, -0.05) is 30.3 Å². The van der Waals surface area contributed by atoms with Crippen LogP contribution in [-0.4, -0.2) is 24.2 Å². The molecule has 0 aliphatic heterocycles. The molecule has 11 nitrogen and oxygen atoms in total. The van der Waals surface area contributed by atoms with Gasteiger partial charge in [0.1, 0.15) is 0 Å². The molecule has 0 aliphatic rings. The van der Waals surface area contributed by atoms with Gasteiger partial charge >= 0.3 is 0 Å². The molecule has 3 aromatic carbocycles. The fourth-order valence-electron chi connectivity index (χ4n) is 2.75. The predicted molar refractivity (Wildman–Crippen MR) is 115 cm³/mol. The summed E-state index contributed by atoms with van der Waals surface area (Å²) in [6, 6.07) is 16.0. The number of non-ortho nitro benzene ring substituents is 2.